The van der Waals surface area contributed by atoms with Gasteiger partial charge in [0.1, 0.15) is 5.82 Å². The van der Waals surface area contributed by atoms with E-state index in [1.807, 2.05) is 32.3 Å². The molecule has 0 aliphatic rings. The summed E-state index contributed by atoms with van der Waals surface area (Å²) < 4.78 is 15.6. The van der Waals surface area contributed by atoms with Gasteiger partial charge in [-0.1, -0.05) is 22.0 Å². The van der Waals surface area contributed by atoms with Crippen LogP contribution in [0.4, 0.5) is 10.1 Å². The predicted octanol–water partition coefficient (Wildman–Crippen LogP) is 4.02. The molecule has 0 fully saturated rings. The molecule has 0 aliphatic heterocycles. The molecule has 1 heterocycles. The quantitative estimate of drug-likeness (QED) is 0.642. The molecule has 3 aromatic rings. The monoisotopic (exact) mass is 430 g/mol. The Morgan fingerprint density at radius 1 is 1.19 bits per heavy atom. The molecule has 0 radical (unpaired) electrons. The van der Waals surface area contributed by atoms with Gasteiger partial charge in [-0.05, 0) is 62.1 Å². The number of benzene rings is 2. The summed E-state index contributed by atoms with van der Waals surface area (Å²) in [6.45, 7) is 0.815. The first kappa shape index (κ1) is 19.3. The lowest BCUT2D eigenvalue weighted by Gasteiger charge is -2.13. The third kappa shape index (κ3) is 5.24. The summed E-state index contributed by atoms with van der Waals surface area (Å²) in [6, 6.07) is 13.6. The third-order valence-electron chi connectivity index (χ3n) is 3.90. The molecule has 0 saturated heterocycles. The maximum absolute atomic E-state index is 13.0. The molecule has 0 aliphatic carbocycles. The second-order valence-corrected chi connectivity index (χ2v) is 7.35. The van der Waals surface area contributed by atoms with Crippen molar-refractivity contribution in [3.63, 3.8) is 0 Å². The van der Waals surface area contributed by atoms with Crippen LogP contribution in [0.2, 0.25) is 0 Å². The average Bonchev–Trinajstić information content (AvgIpc) is 3.06. The molecular formula is C20H20BrFN4O. The van der Waals surface area contributed by atoms with E-state index >= 15 is 0 Å². The van der Waals surface area contributed by atoms with Crippen LogP contribution in [0.25, 0.3) is 5.69 Å². The number of amides is 1. The largest absolute Gasteiger partial charge is 0.326 e. The smallest absolute Gasteiger partial charge is 0.230 e. The fourth-order valence-electron chi connectivity index (χ4n) is 2.66. The molecule has 0 unspecified atom stereocenters. The topological polar surface area (TPSA) is 50.2 Å². The molecule has 1 N–H and O–H groups in total. The van der Waals surface area contributed by atoms with Gasteiger partial charge in [0, 0.05) is 22.9 Å². The van der Waals surface area contributed by atoms with Crippen molar-refractivity contribution in [2.75, 3.05) is 19.4 Å². The summed E-state index contributed by atoms with van der Waals surface area (Å²) in [6.07, 6.45) is 1.91. The third-order valence-corrected chi connectivity index (χ3v) is 4.64. The van der Waals surface area contributed by atoms with Gasteiger partial charge < -0.3 is 10.2 Å². The number of hydrogen-bond acceptors (Lipinski definition) is 3. The van der Waals surface area contributed by atoms with Gasteiger partial charge in [0.15, 0.2) is 0 Å². The first-order valence-corrected chi connectivity index (χ1v) is 9.23. The van der Waals surface area contributed by atoms with E-state index in [4.69, 9.17) is 0 Å². The number of hydrogen-bond donors (Lipinski definition) is 1. The van der Waals surface area contributed by atoms with Crippen LogP contribution in [0.3, 0.4) is 0 Å². The molecule has 27 heavy (non-hydrogen) atoms. The van der Waals surface area contributed by atoms with Gasteiger partial charge in [-0.3, -0.25) is 4.79 Å². The molecule has 0 spiro atoms. The fraction of sp³-hybridized carbons (Fsp3) is 0.200. The lowest BCUT2D eigenvalue weighted by Crippen LogP contribution is -2.15. The van der Waals surface area contributed by atoms with Crippen LogP contribution in [-0.2, 0) is 17.8 Å². The van der Waals surface area contributed by atoms with Crippen LogP contribution < -0.4 is 5.32 Å². The Bertz CT molecular complexity index is 937. The molecule has 3 rings (SSSR count). The lowest BCUT2D eigenvalue weighted by atomic mass is 10.2. The van der Waals surface area contributed by atoms with Crippen molar-refractivity contribution >= 4 is 27.5 Å². The first-order valence-electron chi connectivity index (χ1n) is 8.44. The molecule has 0 atom stereocenters. The van der Waals surface area contributed by atoms with E-state index in [1.54, 1.807) is 29.1 Å². The van der Waals surface area contributed by atoms with Gasteiger partial charge in [0.25, 0.3) is 0 Å². The summed E-state index contributed by atoms with van der Waals surface area (Å²) in [5.74, 6) is -0.445. The SMILES string of the molecule is CN(C)Cc1ccc(NC(=O)Cc2ccn(-c3ccc(F)cc3)n2)cc1Br. The maximum atomic E-state index is 13.0. The summed E-state index contributed by atoms with van der Waals surface area (Å²) in [5.41, 5.74) is 3.26. The van der Waals surface area contributed by atoms with Gasteiger partial charge in [0.05, 0.1) is 17.8 Å². The Morgan fingerprint density at radius 2 is 1.93 bits per heavy atom. The Kier molecular flexibility index (Phi) is 6.03. The lowest BCUT2D eigenvalue weighted by molar-refractivity contribution is -0.115. The molecule has 0 bridgehead atoms. The number of carbonyl (C=O) groups is 1. The molecule has 2 aromatic carbocycles. The van der Waals surface area contributed by atoms with Crippen LogP contribution in [0.1, 0.15) is 11.3 Å². The average molecular weight is 431 g/mol. The van der Waals surface area contributed by atoms with Crippen molar-refractivity contribution in [3.05, 3.63) is 76.3 Å². The zero-order chi connectivity index (χ0) is 19.4. The Balaban J connectivity index is 1.63. The normalized spacial score (nSPS) is 11.0. The summed E-state index contributed by atoms with van der Waals surface area (Å²) >= 11 is 3.55. The highest BCUT2D eigenvalue weighted by Crippen LogP contribution is 2.22. The van der Waals surface area contributed by atoms with Crippen molar-refractivity contribution in [2.24, 2.45) is 0 Å². The van der Waals surface area contributed by atoms with Crippen LogP contribution in [0.5, 0.6) is 0 Å². The van der Waals surface area contributed by atoms with Crippen molar-refractivity contribution in [1.29, 1.82) is 0 Å². The van der Waals surface area contributed by atoms with Crippen LogP contribution >= 0.6 is 15.9 Å². The van der Waals surface area contributed by atoms with E-state index in [2.05, 4.69) is 31.2 Å². The van der Waals surface area contributed by atoms with E-state index in [0.717, 1.165) is 28.0 Å². The number of rotatable bonds is 6. The van der Waals surface area contributed by atoms with Crippen molar-refractivity contribution in [3.8, 4) is 5.69 Å². The minimum Gasteiger partial charge on any atom is -0.326 e. The number of halogens is 2. The van der Waals surface area contributed by atoms with E-state index in [-0.39, 0.29) is 18.1 Å². The highest BCUT2D eigenvalue weighted by molar-refractivity contribution is 9.10. The van der Waals surface area contributed by atoms with Gasteiger partial charge in [-0.2, -0.15) is 5.10 Å². The molecule has 0 saturated carbocycles. The number of aromatic nitrogens is 2. The highest BCUT2D eigenvalue weighted by atomic mass is 79.9. The molecule has 1 aromatic heterocycles. The van der Waals surface area contributed by atoms with Crippen LogP contribution in [0.15, 0.2) is 59.2 Å². The Hall–Kier alpha value is -2.51. The predicted molar refractivity (Wildman–Crippen MR) is 107 cm³/mol. The Labute approximate surface area is 165 Å². The number of carbonyl (C=O) groups excluding carboxylic acids is 1. The van der Waals surface area contributed by atoms with E-state index < -0.39 is 0 Å². The van der Waals surface area contributed by atoms with Gasteiger partial charge in [-0.25, -0.2) is 9.07 Å². The van der Waals surface area contributed by atoms with Crippen molar-refractivity contribution < 1.29 is 9.18 Å². The fourth-order valence-corrected chi connectivity index (χ4v) is 3.16. The minimum absolute atomic E-state index is 0.147. The first-order chi connectivity index (χ1) is 12.9. The van der Waals surface area contributed by atoms with E-state index in [9.17, 15) is 9.18 Å². The van der Waals surface area contributed by atoms with Crippen LogP contribution in [-0.4, -0.2) is 34.7 Å². The zero-order valence-electron chi connectivity index (χ0n) is 15.1. The van der Waals surface area contributed by atoms with E-state index in [1.165, 1.54) is 12.1 Å². The second-order valence-electron chi connectivity index (χ2n) is 6.50. The summed E-state index contributed by atoms with van der Waals surface area (Å²) in [4.78, 5) is 14.4. The molecule has 1 amide bonds. The highest BCUT2D eigenvalue weighted by Gasteiger charge is 2.09. The molecular weight excluding hydrogens is 411 g/mol. The minimum atomic E-state index is -0.298. The van der Waals surface area contributed by atoms with Crippen LogP contribution in [0, 0.1) is 5.82 Å². The Morgan fingerprint density at radius 3 is 2.59 bits per heavy atom. The maximum Gasteiger partial charge on any atom is 0.230 e. The molecule has 7 heteroatoms. The number of nitrogens with one attached hydrogen (secondary N) is 1. The number of nitrogens with zero attached hydrogens (tertiary/aromatic N) is 3. The van der Waals surface area contributed by atoms with Gasteiger partial charge >= 0.3 is 0 Å². The molecule has 5 nitrogen and oxygen atoms in total. The summed E-state index contributed by atoms with van der Waals surface area (Å²) in [5, 5.41) is 7.26. The van der Waals surface area contributed by atoms with Gasteiger partial charge in [-0.15, -0.1) is 0 Å². The summed E-state index contributed by atoms with van der Waals surface area (Å²) in [7, 11) is 4.01. The molecule has 140 valence electrons. The zero-order valence-corrected chi connectivity index (χ0v) is 16.7. The van der Waals surface area contributed by atoms with Gasteiger partial charge in [0.2, 0.25) is 5.91 Å². The standard InChI is InChI=1S/C20H20BrFN4O/c1-25(2)13-14-3-6-16(11-19(14)21)23-20(27)12-17-9-10-26(24-17)18-7-4-15(22)5-8-18/h3-11H,12-13H2,1-2H3,(H,23,27). The van der Waals surface area contributed by atoms with Crippen molar-refractivity contribution in [1.82, 2.24) is 14.7 Å². The number of anilines is 1. The second kappa shape index (κ2) is 8.45. The van der Waals surface area contributed by atoms with Crippen molar-refractivity contribution in [2.45, 2.75) is 13.0 Å². The van der Waals surface area contributed by atoms with E-state index in [0.29, 0.717) is 5.69 Å².